The van der Waals surface area contributed by atoms with Crippen LogP contribution in [0.3, 0.4) is 0 Å². The van der Waals surface area contributed by atoms with Crippen molar-refractivity contribution in [2.75, 3.05) is 5.32 Å². The highest BCUT2D eigenvalue weighted by Gasteiger charge is 2.29. The number of rotatable bonds is 7. The third kappa shape index (κ3) is 6.62. The van der Waals surface area contributed by atoms with Gasteiger partial charge < -0.3 is 10.7 Å². The van der Waals surface area contributed by atoms with Crippen molar-refractivity contribution in [3.63, 3.8) is 0 Å². The van der Waals surface area contributed by atoms with E-state index in [4.69, 9.17) is 11.6 Å². The lowest BCUT2D eigenvalue weighted by atomic mass is 10.0. The van der Waals surface area contributed by atoms with Crippen LogP contribution in [0.5, 0.6) is 0 Å². The van der Waals surface area contributed by atoms with Gasteiger partial charge in [-0.2, -0.15) is 10.4 Å². The van der Waals surface area contributed by atoms with Gasteiger partial charge in [-0.3, -0.25) is 14.9 Å². The number of nitriles is 1. The van der Waals surface area contributed by atoms with Crippen molar-refractivity contribution in [1.82, 2.24) is 10.4 Å². The Kier molecular flexibility index (Phi) is 7.84. The van der Waals surface area contributed by atoms with Gasteiger partial charge in [0.2, 0.25) is 0 Å². The Morgan fingerprint density at radius 3 is 2.51 bits per heavy atom. The Bertz CT molecular complexity index is 1320. The van der Waals surface area contributed by atoms with Crippen molar-refractivity contribution < 1.29 is 9.72 Å². The third-order valence-corrected chi connectivity index (χ3v) is 5.87. The summed E-state index contributed by atoms with van der Waals surface area (Å²) in [6, 6.07) is 13.2. The number of hydrogen-bond donors (Lipinski definition) is 2. The third-order valence-electron chi connectivity index (χ3n) is 4.73. The first-order chi connectivity index (χ1) is 16.5. The molecular weight excluding hydrogens is 488 g/mol. The maximum atomic E-state index is 13.3. The molecule has 9 nitrogen and oxygen atoms in total. The number of halogens is 1. The van der Waals surface area contributed by atoms with Crippen LogP contribution in [0.15, 0.2) is 52.9 Å². The zero-order valence-electron chi connectivity index (χ0n) is 19.5. The van der Waals surface area contributed by atoms with E-state index in [1.807, 2.05) is 27.7 Å². The Labute approximate surface area is 211 Å². The molecule has 2 N–H and O–H groups in total. The second-order valence-electron chi connectivity index (χ2n) is 8.71. The van der Waals surface area contributed by atoms with E-state index in [2.05, 4.69) is 26.9 Å². The molecule has 0 saturated heterocycles. The van der Waals surface area contributed by atoms with Gasteiger partial charge in [-0.05, 0) is 63.6 Å². The molecule has 1 unspecified atom stereocenters. The van der Waals surface area contributed by atoms with Crippen molar-refractivity contribution in [3.05, 3.63) is 73.6 Å². The number of non-ortho nitro benzene ring substituents is 1. The molecule has 35 heavy (non-hydrogen) atoms. The second-order valence-corrected chi connectivity index (χ2v) is 10.0. The number of hydrazone groups is 1. The molecule has 11 heteroatoms. The van der Waals surface area contributed by atoms with Crippen LogP contribution in [0, 0.1) is 28.4 Å². The Morgan fingerprint density at radius 2 is 1.94 bits per heavy atom. The molecule has 0 fully saturated rings. The molecule has 1 atom stereocenters. The summed E-state index contributed by atoms with van der Waals surface area (Å²) in [7, 11) is 0. The zero-order chi connectivity index (χ0) is 25.8. The minimum absolute atomic E-state index is 0.0315. The van der Waals surface area contributed by atoms with Gasteiger partial charge in [0.05, 0.1) is 16.7 Å². The van der Waals surface area contributed by atoms with Gasteiger partial charge in [0.15, 0.2) is 0 Å². The van der Waals surface area contributed by atoms with Crippen LogP contribution in [-0.2, 0) is 4.79 Å². The minimum atomic E-state index is -1.05. The zero-order valence-corrected chi connectivity index (χ0v) is 21.1. The summed E-state index contributed by atoms with van der Waals surface area (Å²) >= 11 is 7.22. The Morgan fingerprint density at radius 1 is 1.26 bits per heavy atom. The minimum Gasteiger partial charge on any atom is -0.321 e. The number of carbonyl (C=O) groups excluding carboxylic acids is 1. The molecule has 0 aliphatic carbocycles. The van der Waals surface area contributed by atoms with Gasteiger partial charge in [-0.1, -0.05) is 11.6 Å². The molecule has 0 spiro atoms. The van der Waals surface area contributed by atoms with E-state index in [9.17, 15) is 20.2 Å². The monoisotopic (exact) mass is 510 g/mol. The lowest BCUT2D eigenvalue weighted by Crippen LogP contribution is -2.36. The van der Waals surface area contributed by atoms with Crippen LogP contribution in [0.25, 0.3) is 11.3 Å². The van der Waals surface area contributed by atoms with Crippen LogP contribution in [0.2, 0.25) is 5.02 Å². The summed E-state index contributed by atoms with van der Waals surface area (Å²) in [4.78, 5) is 28.2. The van der Waals surface area contributed by atoms with E-state index in [0.717, 1.165) is 5.56 Å². The average Bonchev–Trinajstić information content (AvgIpc) is 3.27. The molecule has 0 saturated carbocycles. The first-order valence-electron chi connectivity index (χ1n) is 10.5. The second kappa shape index (κ2) is 10.6. The quantitative estimate of drug-likeness (QED) is 0.239. The molecular formula is C24H23ClN6O3S. The lowest BCUT2D eigenvalue weighted by molar-refractivity contribution is -0.384. The molecule has 1 heterocycles. The van der Waals surface area contributed by atoms with Gasteiger partial charge in [-0.25, -0.2) is 4.98 Å². The summed E-state index contributed by atoms with van der Waals surface area (Å²) in [6.45, 7) is 7.46. The first-order valence-corrected chi connectivity index (χ1v) is 11.8. The maximum absolute atomic E-state index is 13.3. The van der Waals surface area contributed by atoms with E-state index in [1.54, 1.807) is 35.7 Å². The highest BCUT2D eigenvalue weighted by Crippen LogP contribution is 2.29. The van der Waals surface area contributed by atoms with E-state index in [1.165, 1.54) is 23.5 Å². The molecule has 3 aromatic rings. The lowest BCUT2D eigenvalue weighted by Gasteiger charge is -2.20. The van der Waals surface area contributed by atoms with Crippen LogP contribution in [0.4, 0.5) is 11.4 Å². The van der Waals surface area contributed by atoms with Crippen molar-refractivity contribution >= 4 is 45.9 Å². The highest BCUT2D eigenvalue weighted by molar-refractivity contribution is 7.10. The fourth-order valence-corrected chi connectivity index (χ4v) is 4.07. The van der Waals surface area contributed by atoms with E-state index >= 15 is 0 Å². The predicted octanol–water partition coefficient (Wildman–Crippen LogP) is 5.67. The number of amides is 1. The average molecular weight is 511 g/mol. The molecule has 1 aromatic heterocycles. The fourth-order valence-electron chi connectivity index (χ4n) is 2.97. The molecule has 0 bridgehead atoms. The van der Waals surface area contributed by atoms with Gasteiger partial charge in [-0.15, -0.1) is 11.3 Å². The maximum Gasteiger partial charge on any atom is 0.273 e. The van der Waals surface area contributed by atoms with Gasteiger partial charge >= 0.3 is 0 Å². The van der Waals surface area contributed by atoms with Crippen LogP contribution < -0.4 is 10.7 Å². The molecule has 0 aliphatic rings. The molecule has 3 rings (SSSR count). The Hall–Kier alpha value is -3.81. The van der Waals surface area contributed by atoms with Gasteiger partial charge in [0.25, 0.3) is 11.6 Å². The Balaban J connectivity index is 1.95. The molecule has 2 aromatic carbocycles. The summed E-state index contributed by atoms with van der Waals surface area (Å²) in [5, 5.41) is 30.7. The summed E-state index contributed by atoms with van der Waals surface area (Å²) in [6.07, 6.45) is 0. The van der Waals surface area contributed by atoms with Crippen LogP contribution >= 0.6 is 22.9 Å². The summed E-state index contributed by atoms with van der Waals surface area (Å²) in [5.41, 5.74) is 4.90. The largest absolute Gasteiger partial charge is 0.321 e. The number of aryl methyl sites for hydroxylation is 1. The number of nitro benzene ring substituents is 1. The number of nitrogens with one attached hydrogen (secondary N) is 2. The number of nitrogens with zero attached hydrogens (tertiary/aromatic N) is 4. The number of hydrogen-bond acceptors (Lipinski definition) is 8. The molecule has 0 aliphatic heterocycles. The number of anilines is 1. The smallest absolute Gasteiger partial charge is 0.273 e. The van der Waals surface area contributed by atoms with E-state index in [-0.39, 0.29) is 11.4 Å². The van der Waals surface area contributed by atoms with Crippen LogP contribution in [0.1, 0.15) is 37.3 Å². The predicted molar refractivity (Wildman–Crippen MR) is 138 cm³/mol. The topological polar surface area (TPSA) is 133 Å². The van der Waals surface area contributed by atoms with Crippen molar-refractivity contribution in [2.45, 2.75) is 39.2 Å². The number of aromatic nitrogens is 1. The van der Waals surface area contributed by atoms with Crippen LogP contribution in [-0.4, -0.2) is 27.1 Å². The summed E-state index contributed by atoms with van der Waals surface area (Å²) < 4.78 is 0. The SMILES string of the molecule is Cc1cc(Cl)ccc1NC(=O)/C(=N\NC(C)(C)C)C(C#N)c1nc(-c2ccc([N+](=O)[O-])cc2)cs1. The summed E-state index contributed by atoms with van der Waals surface area (Å²) in [5.74, 6) is -1.60. The number of nitro groups is 1. The van der Waals surface area contributed by atoms with Gasteiger partial charge in [0.1, 0.15) is 16.6 Å². The fraction of sp³-hybridized carbons (Fsp3) is 0.250. The van der Waals surface area contributed by atoms with E-state index in [0.29, 0.717) is 27.0 Å². The molecule has 180 valence electrons. The first kappa shape index (κ1) is 25.8. The standard InChI is InChI=1S/C24H23ClN6O3S/c1-14-11-16(25)7-10-19(14)27-22(32)21(29-30-24(2,3)4)18(12-26)23-28-20(13-35-23)15-5-8-17(9-6-15)31(33)34/h5-11,13,18,30H,1-4H3,(H,27,32)/b29-21-. The van der Waals surface area contributed by atoms with Gasteiger partial charge in [0, 0.05) is 39.3 Å². The molecule has 1 amide bonds. The van der Waals surface area contributed by atoms with E-state index < -0.39 is 22.3 Å². The van der Waals surface area contributed by atoms with Crippen molar-refractivity contribution in [1.29, 1.82) is 5.26 Å². The number of benzene rings is 2. The number of carbonyl (C=O) groups is 1. The van der Waals surface area contributed by atoms with Crippen molar-refractivity contribution in [3.8, 4) is 17.3 Å². The highest BCUT2D eigenvalue weighted by atomic mass is 35.5. The normalized spacial score (nSPS) is 12.5. The van der Waals surface area contributed by atoms with Crippen molar-refractivity contribution in [2.24, 2.45) is 5.10 Å². The number of thiazole rings is 1. The molecule has 0 radical (unpaired) electrons.